The summed E-state index contributed by atoms with van der Waals surface area (Å²) in [5.74, 6) is 1.37. The third-order valence-electron chi connectivity index (χ3n) is 2.89. The van der Waals surface area contributed by atoms with E-state index in [-0.39, 0.29) is 6.61 Å². The van der Waals surface area contributed by atoms with Gasteiger partial charge < -0.3 is 10.4 Å². The first-order chi connectivity index (χ1) is 8.19. The molecule has 0 aliphatic rings. The number of hydrogen-bond donors (Lipinski definition) is 2. The van der Waals surface area contributed by atoms with Crippen molar-refractivity contribution in [1.82, 2.24) is 5.32 Å². The van der Waals surface area contributed by atoms with E-state index in [4.69, 9.17) is 5.11 Å². The first-order valence-corrected chi connectivity index (χ1v) is 7.18. The highest BCUT2D eigenvalue weighted by Gasteiger charge is 2.18. The molecule has 0 radical (unpaired) electrons. The largest absolute Gasteiger partial charge is 0.396 e. The van der Waals surface area contributed by atoms with Crippen molar-refractivity contribution in [2.75, 3.05) is 19.4 Å². The molecule has 0 saturated heterocycles. The van der Waals surface area contributed by atoms with Crippen LogP contribution in [-0.4, -0.2) is 29.8 Å². The number of benzene rings is 1. The molecule has 1 aromatic rings. The normalized spacial score (nSPS) is 16.5. The van der Waals surface area contributed by atoms with E-state index in [0.29, 0.717) is 17.2 Å². The van der Waals surface area contributed by atoms with E-state index in [1.54, 1.807) is 0 Å². The molecule has 0 aliphatic heterocycles. The second-order valence-electron chi connectivity index (χ2n) is 4.50. The van der Waals surface area contributed by atoms with Crippen molar-refractivity contribution < 1.29 is 5.11 Å². The highest BCUT2D eigenvalue weighted by molar-refractivity contribution is 7.99. The van der Waals surface area contributed by atoms with Gasteiger partial charge in [-0.15, -0.1) is 0 Å². The Labute approximate surface area is 109 Å². The molecule has 3 atom stereocenters. The summed E-state index contributed by atoms with van der Waals surface area (Å²) in [6, 6.07) is 10.9. The molecular weight excluding hydrogens is 230 g/mol. The number of nitrogens with one attached hydrogen (secondary N) is 1. The number of aliphatic hydroxyl groups excluding tert-OH is 1. The molecule has 1 aromatic carbocycles. The summed E-state index contributed by atoms with van der Waals surface area (Å²) >= 11 is 1.91. The van der Waals surface area contributed by atoms with Gasteiger partial charge in [0.25, 0.3) is 0 Å². The van der Waals surface area contributed by atoms with Gasteiger partial charge in [0.05, 0.1) is 0 Å². The summed E-state index contributed by atoms with van der Waals surface area (Å²) < 4.78 is 0. The summed E-state index contributed by atoms with van der Waals surface area (Å²) in [5, 5.41) is 12.9. The van der Waals surface area contributed by atoms with Gasteiger partial charge in [-0.25, -0.2) is 0 Å². The average Bonchev–Trinajstić information content (AvgIpc) is 2.38. The van der Waals surface area contributed by atoms with Gasteiger partial charge in [0.2, 0.25) is 0 Å². The lowest BCUT2D eigenvalue weighted by Crippen LogP contribution is -2.26. The Kier molecular flexibility index (Phi) is 6.63. The average molecular weight is 253 g/mol. The van der Waals surface area contributed by atoms with Crippen LogP contribution in [0.1, 0.15) is 25.5 Å². The van der Waals surface area contributed by atoms with Crippen LogP contribution in [-0.2, 0) is 0 Å². The quantitative estimate of drug-likeness (QED) is 0.783. The van der Waals surface area contributed by atoms with E-state index in [9.17, 15) is 0 Å². The van der Waals surface area contributed by atoms with Gasteiger partial charge in [-0.3, -0.25) is 0 Å². The molecule has 1 rings (SSSR count). The summed E-state index contributed by atoms with van der Waals surface area (Å²) in [5.41, 5.74) is 1.33. The summed E-state index contributed by atoms with van der Waals surface area (Å²) in [7, 11) is 2.00. The fourth-order valence-corrected chi connectivity index (χ4v) is 3.02. The molecule has 0 saturated carbocycles. The highest BCUT2D eigenvalue weighted by Crippen LogP contribution is 2.27. The first kappa shape index (κ1) is 14.6. The molecule has 17 heavy (non-hydrogen) atoms. The Bertz CT molecular complexity index is 304. The van der Waals surface area contributed by atoms with Crippen LogP contribution in [0.15, 0.2) is 30.3 Å². The van der Waals surface area contributed by atoms with Gasteiger partial charge in [0, 0.05) is 17.9 Å². The minimum absolute atomic E-state index is 0.273. The number of aliphatic hydroxyl groups is 1. The Hall–Kier alpha value is -0.510. The van der Waals surface area contributed by atoms with Crippen molar-refractivity contribution in [2.24, 2.45) is 5.92 Å². The van der Waals surface area contributed by atoms with Crippen LogP contribution in [0.4, 0.5) is 0 Å². The first-order valence-electron chi connectivity index (χ1n) is 6.13. The van der Waals surface area contributed by atoms with Gasteiger partial charge in [-0.1, -0.05) is 44.2 Å². The van der Waals surface area contributed by atoms with E-state index in [1.807, 2.05) is 24.9 Å². The summed E-state index contributed by atoms with van der Waals surface area (Å²) in [4.78, 5) is 0. The van der Waals surface area contributed by atoms with Crippen LogP contribution >= 0.6 is 11.8 Å². The maximum Gasteiger partial charge on any atom is 0.0464 e. The van der Waals surface area contributed by atoms with E-state index < -0.39 is 0 Å². The fraction of sp³-hybridized carbons (Fsp3) is 0.571. The predicted octanol–water partition coefficient (Wildman–Crippen LogP) is 2.70. The van der Waals surface area contributed by atoms with Crippen LogP contribution < -0.4 is 5.32 Å². The number of rotatable bonds is 7. The van der Waals surface area contributed by atoms with Crippen molar-refractivity contribution in [3.05, 3.63) is 35.9 Å². The molecule has 0 bridgehead atoms. The fourth-order valence-electron chi connectivity index (χ4n) is 1.80. The van der Waals surface area contributed by atoms with E-state index in [1.165, 1.54) is 5.56 Å². The van der Waals surface area contributed by atoms with Crippen LogP contribution in [0, 0.1) is 5.92 Å². The molecule has 3 unspecified atom stereocenters. The van der Waals surface area contributed by atoms with Crippen LogP contribution in [0.3, 0.4) is 0 Å². The third kappa shape index (κ3) is 4.70. The Morgan fingerprint density at radius 3 is 2.41 bits per heavy atom. The predicted molar refractivity (Wildman–Crippen MR) is 76.4 cm³/mol. The Morgan fingerprint density at radius 2 is 1.88 bits per heavy atom. The summed E-state index contributed by atoms with van der Waals surface area (Å²) in [6.45, 7) is 4.59. The molecule has 96 valence electrons. The van der Waals surface area contributed by atoms with Crippen LogP contribution in [0.5, 0.6) is 0 Å². The lowest BCUT2D eigenvalue weighted by molar-refractivity contribution is 0.250. The second-order valence-corrected chi connectivity index (χ2v) is 5.91. The van der Waals surface area contributed by atoms with Gasteiger partial charge in [0.15, 0.2) is 0 Å². The van der Waals surface area contributed by atoms with Crippen LogP contribution in [0.2, 0.25) is 0 Å². The van der Waals surface area contributed by atoms with Crippen LogP contribution in [0.25, 0.3) is 0 Å². The van der Waals surface area contributed by atoms with E-state index >= 15 is 0 Å². The van der Waals surface area contributed by atoms with Gasteiger partial charge in [-0.2, -0.15) is 11.8 Å². The summed E-state index contributed by atoms with van der Waals surface area (Å²) in [6.07, 6.45) is 0. The zero-order valence-corrected chi connectivity index (χ0v) is 11.7. The smallest absolute Gasteiger partial charge is 0.0464 e. The maximum atomic E-state index is 9.03. The molecular formula is C14H23NOS. The SMILES string of the molecule is CNC(c1ccccc1)C(C)SCC(C)CO. The maximum absolute atomic E-state index is 9.03. The minimum atomic E-state index is 0.273. The molecule has 0 heterocycles. The van der Waals surface area contributed by atoms with Crippen molar-refractivity contribution in [2.45, 2.75) is 25.1 Å². The Morgan fingerprint density at radius 1 is 1.24 bits per heavy atom. The monoisotopic (exact) mass is 253 g/mol. The highest BCUT2D eigenvalue weighted by atomic mass is 32.2. The standard InChI is InChI=1S/C14H23NOS/c1-11(9-16)10-17-12(2)14(15-3)13-7-5-4-6-8-13/h4-8,11-12,14-16H,9-10H2,1-3H3. The van der Waals surface area contributed by atoms with Crippen molar-refractivity contribution >= 4 is 11.8 Å². The number of thioether (sulfide) groups is 1. The molecule has 3 heteroatoms. The molecule has 2 nitrogen and oxygen atoms in total. The molecule has 0 aromatic heterocycles. The lowest BCUT2D eigenvalue weighted by Gasteiger charge is -2.24. The van der Waals surface area contributed by atoms with E-state index in [0.717, 1.165) is 5.75 Å². The van der Waals surface area contributed by atoms with Gasteiger partial charge >= 0.3 is 0 Å². The molecule has 0 amide bonds. The number of hydrogen-bond acceptors (Lipinski definition) is 3. The van der Waals surface area contributed by atoms with Crippen molar-refractivity contribution in [1.29, 1.82) is 0 Å². The Balaban J connectivity index is 2.56. The van der Waals surface area contributed by atoms with E-state index in [2.05, 4.69) is 43.4 Å². The second kappa shape index (κ2) is 7.75. The van der Waals surface area contributed by atoms with Crippen molar-refractivity contribution in [3.63, 3.8) is 0 Å². The van der Waals surface area contributed by atoms with Crippen molar-refractivity contribution in [3.8, 4) is 0 Å². The zero-order chi connectivity index (χ0) is 12.7. The molecule has 2 N–H and O–H groups in total. The minimum Gasteiger partial charge on any atom is -0.396 e. The third-order valence-corrected chi connectivity index (χ3v) is 4.45. The molecule has 0 spiro atoms. The zero-order valence-electron chi connectivity index (χ0n) is 10.9. The molecule has 0 fully saturated rings. The molecule has 0 aliphatic carbocycles. The van der Waals surface area contributed by atoms with Gasteiger partial charge in [0.1, 0.15) is 0 Å². The van der Waals surface area contributed by atoms with Gasteiger partial charge in [-0.05, 0) is 24.3 Å². The lowest BCUT2D eigenvalue weighted by atomic mass is 10.0. The topological polar surface area (TPSA) is 32.3 Å².